The second-order valence-electron chi connectivity index (χ2n) is 11.2. The summed E-state index contributed by atoms with van der Waals surface area (Å²) in [6, 6.07) is 8.67. The molecule has 1 aromatic carbocycles. The van der Waals surface area contributed by atoms with Gasteiger partial charge >= 0.3 is 0 Å². The zero-order valence-electron chi connectivity index (χ0n) is 22.3. The first-order valence-corrected chi connectivity index (χ1v) is 14.6. The number of halogens is 1. The number of hydrogen-bond acceptors (Lipinski definition) is 6. The number of piperazine rings is 1. The van der Waals surface area contributed by atoms with Gasteiger partial charge in [-0.15, -0.1) is 0 Å². The van der Waals surface area contributed by atoms with Crippen molar-refractivity contribution in [1.82, 2.24) is 19.7 Å². The molecule has 3 aliphatic rings. The standard InChI is InChI=1S/C29H42ClN5O2/c1-33-15-13-22(14-16-33)21-34-17-19-35(20-18-34)27(36)12-11-26-28(23-7-9-24(30)10-8-23)32-29(37-26)31-25-5-3-2-4-6-25/h7-10,22,25H,2-6,11-21H2,1H3,(H,31,32). The van der Waals surface area contributed by atoms with E-state index >= 15 is 0 Å². The number of nitrogens with zero attached hydrogens (tertiary/aromatic N) is 4. The van der Waals surface area contributed by atoms with E-state index in [1.165, 1.54) is 51.7 Å². The van der Waals surface area contributed by atoms with Crippen molar-refractivity contribution in [3.8, 4) is 11.3 Å². The number of rotatable bonds is 8. The Labute approximate surface area is 226 Å². The largest absolute Gasteiger partial charge is 0.428 e. The van der Waals surface area contributed by atoms with Gasteiger partial charge in [0.1, 0.15) is 11.5 Å². The topological polar surface area (TPSA) is 64.8 Å². The number of aromatic nitrogens is 1. The number of amides is 1. The minimum Gasteiger partial charge on any atom is -0.428 e. The van der Waals surface area contributed by atoms with E-state index < -0.39 is 0 Å². The number of benzene rings is 1. The summed E-state index contributed by atoms with van der Waals surface area (Å²) >= 11 is 6.12. The maximum Gasteiger partial charge on any atom is 0.295 e. The van der Waals surface area contributed by atoms with Crippen LogP contribution in [0.3, 0.4) is 0 Å². The lowest BCUT2D eigenvalue weighted by Crippen LogP contribution is -2.50. The van der Waals surface area contributed by atoms with Crippen molar-refractivity contribution in [1.29, 1.82) is 0 Å². The fraction of sp³-hybridized carbons (Fsp3) is 0.655. The molecule has 0 radical (unpaired) electrons. The molecule has 5 rings (SSSR count). The lowest BCUT2D eigenvalue weighted by molar-refractivity contribution is -0.133. The Hall–Kier alpha value is -2.09. The molecule has 2 saturated heterocycles. The van der Waals surface area contributed by atoms with Crippen LogP contribution in [0.2, 0.25) is 5.02 Å². The number of piperidine rings is 1. The normalized spacial score (nSPS) is 20.9. The molecular weight excluding hydrogens is 486 g/mol. The molecule has 0 atom stereocenters. The number of oxazole rings is 1. The minimum atomic E-state index is 0.208. The van der Waals surface area contributed by atoms with Crippen molar-refractivity contribution in [2.24, 2.45) is 5.92 Å². The van der Waals surface area contributed by atoms with Gasteiger partial charge in [-0.1, -0.05) is 43.0 Å². The van der Waals surface area contributed by atoms with Gasteiger partial charge in [0.05, 0.1) is 0 Å². The van der Waals surface area contributed by atoms with Gasteiger partial charge in [-0.3, -0.25) is 9.69 Å². The van der Waals surface area contributed by atoms with Crippen LogP contribution < -0.4 is 5.32 Å². The Morgan fingerprint density at radius 2 is 1.70 bits per heavy atom. The average molecular weight is 528 g/mol. The molecule has 7 nitrogen and oxygen atoms in total. The Morgan fingerprint density at radius 1 is 1.00 bits per heavy atom. The number of anilines is 1. The molecule has 8 heteroatoms. The van der Waals surface area contributed by atoms with E-state index in [0.717, 1.165) is 62.0 Å². The molecule has 3 heterocycles. The predicted molar refractivity (Wildman–Crippen MR) is 149 cm³/mol. The summed E-state index contributed by atoms with van der Waals surface area (Å²) in [5.41, 5.74) is 1.78. The molecule has 1 aliphatic carbocycles. The highest BCUT2D eigenvalue weighted by Crippen LogP contribution is 2.30. The molecule has 2 aliphatic heterocycles. The van der Waals surface area contributed by atoms with Gasteiger partial charge < -0.3 is 19.5 Å². The van der Waals surface area contributed by atoms with Crippen molar-refractivity contribution < 1.29 is 9.21 Å². The number of carbonyl (C=O) groups is 1. The Balaban J connectivity index is 1.16. The first kappa shape index (κ1) is 26.5. The molecule has 0 spiro atoms. The summed E-state index contributed by atoms with van der Waals surface area (Å²) in [6.07, 6.45) is 9.66. The first-order chi connectivity index (χ1) is 18.0. The fourth-order valence-electron chi connectivity index (χ4n) is 6.01. The lowest BCUT2D eigenvalue weighted by Gasteiger charge is -2.38. The van der Waals surface area contributed by atoms with Crippen LogP contribution in [0.1, 0.15) is 57.1 Å². The van der Waals surface area contributed by atoms with Crippen LogP contribution >= 0.6 is 11.6 Å². The minimum absolute atomic E-state index is 0.208. The second-order valence-corrected chi connectivity index (χ2v) is 11.6. The van der Waals surface area contributed by atoms with E-state index in [0.29, 0.717) is 29.9 Å². The van der Waals surface area contributed by atoms with E-state index in [1.54, 1.807) is 0 Å². The van der Waals surface area contributed by atoms with Gasteiger partial charge in [-0.2, -0.15) is 4.98 Å². The maximum atomic E-state index is 13.1. The summed E-state index contributed by atoms with van der Waals surface area (Å²) in [4.78, 5) is 24.9. The molecular formula is C29H42ClN5O2. The number of hydrogen-bond donors (Lipinski definition) is 1. The van der Waals surface area contributed by atoms with E-state index in [9.17, 15) is 4.79 Å². The van der Waals surface area contributed by atoms with Gasteiger partial charge in [0.25, 0.3) is 6.01 Å². The molecule has 1 saturated carbocycles. The third-order valence-electron chi connectivity index (χ3n) is 8.39. The van der Waals surface area contributed by atoms with Crippen LogP contribution in [0.5, 0.6) is 0 Å². The van der Waals surface area contributed by atoms with E-state index in [1.807, 2.05) is 29.2 Å². The SMILES string of the molecule is CN1CCC(CN2CCN(C(=O)CCc3oc(NC4CCCCC4)nc3-c3ccc(Cl)cc3)CC2)CC1. The van der Waals surface area contributed by atoms with Gasteiger partial charge in [0.2, 0.25) is 5.91 Å². The average Bonchev–Trinajstić information content (AvgIpc) is 3.32. The van der Waals surface area contributed by atoms with E-state index in [2.05, 4.69) is 22.2 Å². The second kappa shape index (κ2) is 12.6. The van der Waals surface area contributed by atoms with E-state index in [-0.39, 0.29) is 5.91 Å². The Bertz CT molecular complexity index is 1000. The van der Waals surface area contributed by atoms with Crippen LogP contribution in [0, 0.1) is 5.92 Å². The highest BCUT2D eigenvalue weighted by molar-refractivity contribution is 6.30. The Morgan fingerprint density at radius 3 is 2.41 bits per heavy atom. The monoisotopic (exact) mass is 527 g/mol. The molecule has 202 valence electrons. The molecule has 2 aromatic rings. The Kier molecular flexibility index (Phi) is 9.06. The van der Waals surface area contributed by atoms with Gasteiger partial charge in [-0.25, -0.2) is 0 Å². The summed E-state index contributed by atoms with van der Waals surface area (Å²) in [6.45, 7) is 7.19. The molecule has 3 fully saturated rings. The highest BCUT2D eigenvalue weighted by Gasteiger charge is 2.26. The molecule has 1 N–H and O–H groups in total. The van der Waals surface area contributed by atoms with Gasteiger partial charge in [0.15, 0.2) is 0 Å². The quantitative estimate of drug-likeness (QED) is 0.511. The van der Waals surface area contributed by atoms with Crippen molar-refractivity contribution in [3.05, 3.63) is 35.0 Å². The third kappa shape index (κ3) is 7.27. The van der Waals surface area contributed by atoms with Crippen molar-refractivity contribution in [2.75, 3.05) is 58.2 Å². The highest BCUT2D eigenvalue weighted by atomic mass is 35.5. The van der Waals surface area contributed by atoms with Gasteiger partial charge in [-0.05, 0) is 63.9 Å². The number of aryl methyl sites for hydroxylation is 1. The smallest absolute Gasteiger partial charge is 0.295 e. The lowest BCUT2D eigenvalue weighted by atomic mass is 9.96. The molecule has 0 bridgehead atoms. The van der Waals surface area contributed by atoms with Crippen LogP contribution in [0.4, 0.5) is 6.01 Å². The van der Waals surface area contributed by atoms with Crippen LogP contribution in [0.15, 0.2) is 28.7 Å². The zero-order valence-corrected chi connectivity index (χ0v) is 23.0. The van der Waals surface area contributed by atoms with Crippen LogP contribution in [-0.4, -0.2) is 84.5 Å². The van der Waals surface area contributed by atoms with Crippen molar-refractivity contribution in [2.45, 2.75) is 63.8 Å². The number of carbonyl (C=O) groups excluding carboxylic acids is 1. The molecule has 0 unspecified atom stereocenters. The van der Waals surface area contributed by atoms with Crippen molar-refractivity contribution in [3.63, 3.8) is 0 Å². The first-order valence-electron chi connectivity index (χ1n) is 14.2. The summed E-state index contributed by atoms with van der Waals surface area (Å²) in [5.74, 6) is 1.78. The fourth-order valence-corrected chi connectivity index (χ4v) is 6.13. The molecule has 1 amide bonds. The number of nitrogens with one attached hydrogen (secondary N) is 1. The summed E-state index contributed by atoms with van der Waals surface area (Å²) in [5, 5.41) is 4.20. The molecule has 37 heavy (non-hydrogen) atoms. The molecule has 1 aromatic heterocycles. The van der Waals surface area contributed by atoms with Crippen LogP contribution in [-0.2, 0) is 11.2 Å². The zero-order chi connectivity index (χ0) is 25.6. The summed E-state index contributed by atoms with van der Waals surface area (Å²) < 4.78 is 6.21. The van der Waals surface area contributed by atoms with Gasteiger partial charge in [0, 0.05) is 62.2 Å². The third-order valence-corrected chi connectivity index (χ3v) is 8.65. The summed E-state index contributed by atoms with van der Waals surface area (Å²) in [7, 11) is 2.21. The maximum absolute atomic E-state index is 13.1. The predicted octanol–water partition coefficient (Wildman–Crippen LogP) is 5.16. The number of likely N-dealkylation sites (tertiary alicyclic amines) is 1. The van der Waals surface area contributed by atoms with E-state index in [4.69, 9.17) is 21.0 Å². The van der Waals surface area contributed by atoms with Crippen LogP contribution in [0.25, 0.3) is 11.3 Å². The van der Waals surface area contributed by atoms with Crippen molar-refractivity contribution >= 4 is 23.5 Å².